The summed E-state index contributed by atoms with van der Waals surface area (Å²) in [6, 6.07) is 8.02. The molecule has 0 aliphatic carbocycles. The van der Waals surface area contributed by atoms with Gasteiger partial charge in [-0.15, -0.1) is 6.58 Å². The molecule has 1 aromatic carbocycles. The zero-order valence-corrected chi connectivity index (χ0v) is 19.5. The minimum atomic E-state index is -0.559. The molecule has 0 bridgehead atoms. The number of benzene rings is 1. The van der Waals surface area contributed by atoms with Crippen molar-refractivity contribution in [2.75, 3.05) is 11.0 Å². The van der Waals surface area contributed by atoms with Crippen molar-refractivity contribution in [2.45, 2.75) is 51.7 Å². The Kier molecular flexibility index (Phi) is 6.71. The largest absolute Gasteiger partial charge is 0.443 e. The van der Waals surface area contributed by atoms with Crippen LogP contribution in [0.4, 0.5) is 4.79 Å². The van der Waals surface area contributed by atoms with Crippen molar-refractivity contribution >= 4 is 45.5 Å². The molecule has 3 rings (SSSR count). The van der Waals surface area contributed by atoms with Crippen LogP contribution in [0.15, 0.2) is 43.1 Å². The Labute approximate surface area is 186 Å². The Hall–Kier alpha value is -1.83. The zero-order chi connectivity index (χ0) is 21.2. The summed E-state index contributed by atoms with van der Waals surface area (Å²) in [4.78, 5) is 27.3. The first-order valence-electron chi connectivity index (χ1n) is 10.1. The van der Waals surface area contributed by atoms with Gasteiger partial charge in [0.2, 0.25) is 5.91 Å². The van der Waals surface area contributed by atoms with E-state index in [0.29, 0.717) is 25.3 Å². The van der Waals surface area contributed by atoms with E-state index >= 15 is 0 Å². The molecule has 1 aliphatic rings. The quantitative estimate of drug-likeness (QED) is 0.317. The van der Waals surface area contributed by atoms with Crippen molar-refractivity contribution < 1.29 is 14.3 Å². The van der Waals surface area contributed by atoms with Crippen LogP contribution in [0.5, 0.6) is 0 Å². The number of likely N-dealkylation sites (tertiary alicyclic amines) is 1. The number of carbonyl (C=O) groups is 2. The van der Waals surface area contributed by atoms with Crippen LogP contribution in [0.1, 0.15) is 39.2 Å². The fraction of sp³-hybridized carbons (Fsp3) is 0.478. The maximum Gasteiger partial charge on any atom is 0.419 e. The van der Waals surface area contributed by atoms with Crippen LogP contribution in [-0.2, 0) is 16.0 Å². The van der Waals surface area contributed by atoms with E-state index in [1.54, 1.807) is 4.57 Å². The number of rotatable bonds is 5. The highest BCUT2D eigenvalue weighted by atomic mass is 127. The van der Waals surface area contributed by atoms with E-state index in [2.05, 4.69) is 29.2 Å². The second-order valence-electron chi connectivity index (χ2n) is 8.52. The first-order valence-corrected chi connectivity index (χ1v) is 11.6. The molecule has 2 atom stereocenters. The number of ether oxygens (including phenoxy) is 1. The number of halogens is 1. The van der Waals surface area contributed by atoms with Gasteiger partial charge in [-0.25, -0.2) is 4.79 Å². The van der Waals surface area contributed by atoms with E-state index in [0.717, 1.165) is 27.3 Å². The Morgan fingerprint density at radius 3 is 2.72 bits per heavy atom. The van der Waals surface area contributed by atoms with Gasteiger partial charge in [0.1, 0.15) is 5.60 Å². The number of carbonyl (C=O) groups excluding carboxylic acids is 2. The van der Waals surface area contributed by atoms with E-state index in [4.69, 9.17) is 4.74 Å². The summed E-state index contributed by atoms with van der Waals surface area (Å²) in [6.45, 7) is 10.2. The van der Waals surface area contributed by atoms with E-state index in [9.17, 15) is 9.59 Å². The maximum absolute atomic E-state index is 12.7. The second kappa shape index (κ2) is 8.90. The Morgan fingerprint density at radius 1 is 1.34 bits per heavy atom. The van der Waals surface area contributed by atoms with E-state index < -0.39 is 5.60 Å². The molecule has 156 valence electrons. The summed E-state index contributed by atoms with van der Waals surface area (Å²) < 4.78 is 8.04. The molecule has 1 fully saturated rings. The predicted octanol–water partition coefficient (Wildman–Crippen LogP) is 5.20. The molecule has 1 aromatic heterocycles. The van der Waals surface area contributed by atoms with E-state index in [-0.39, 0.29) is 18.0 Å². The van der Waals surface area contributed by atoms with Gasteiger partial charge in [-0.2, -0.15) is 0 Å². The lowest BCUT2D eigenvalue weighted by atomic mass is 9.89. The Morgan fingerprint density at radius 2 is 2.07 bits per heavy atom. The zero-order valence-electron chi connectivity index (χ0n) is 17.4. The average Bonchev–Trinajstić information content (AvgIpc) is 3.04. The number of nitrogens with zero attached hydrogens (tertiary/aromatic N) is 2. The van der Waals surface area contributed by atoms with Crippen LogP contribution in [0.3, 0.4) is 0 Å². The third kappa shape index (κ3) is 4.85. The van der Waals surface area contributed by atoms with Gasteiger partial charge in [0.15, 0.2) is 0 Å². The van der Waals surface area contributed by atoms with Gasteiger partial charge in [-0.05, 0) is 51.2 Å². The van der Waals surface area contributed by atoms with Gasteiger partial charge in [-0.3, -0.25) is 9.36 Å². The van der Waals surface area contributed by atoms with Crippen molar-refractivity contribution in [3.63, 3.8) is 0 Å². The number of fused-ring (bicyclic) bond motifs is 1. The summed E-state index contributed by atoms with van der Waals surface area (Å²) in [6.07, 6.45) is 5.60. The van der Waals surface area contributed by atoms with Crippen LogP contribution in [-0.4, -0.2) is 44.1 Å². The van der Waals surface area contributed by atoms with Gasteiger partial charge in [-0.1, -0.05) is 46.9 Å². The fourth-order valence-corrected chi connectivity index (χ4v) is 5.09. The molecule has 2 heterocycles. The highest BCUT2D eigenvalue weighted by Crippen LogP contribution is 2.29. The summed E-state index contributed by atoms with van der Waals surface area (Å²) in [7, 11) is 0. The van der Waals surface area contributed by atoms with Crippen molar-refractivity contribution in [1.82, 2.24) is 9.47 Å². The van der Waals surface area contributed by atoms with Crippen LogP contribution in [0.2, 0.25) is 0 Å². The molecule has 0 spiro atoms. The van der Waals surface area contributed by atoms with E-state index in [1.165, 1.54) is 0 Å². The molecule has 0 N–H and O–H groups in total. The van der Waals surface area contributed by atoms with E-state index in [1.807, 2.05) is 62.2 Å². The second-order valence-corrected chi connectivity index (χ2v) is 9.40. The molecule has 5 nitrogen and oxygen atoms in total. The van der Waals surface area contributed by atoms with Gasteiger partial charge >= 0.3 is 6.09 Å². The van der Waals surface area contributed by atoms with Crippen molar-refractivity contribution in [3.05, 3.63) is 48.7 Å². The summed E-state index contributed by atoms with van der Waals surface area (Å²) in [5.41, 5.74) is 1.32. The molecule has 29 heavy (non-hydrogen) atoms. The molecule has 0 unspecified atom stereocenters. The number of aromatic nitrogens is 1. The van der Waals surface area contributed by atoms with Crippen LogP contribution < -0.4 is 0 Å². The topological polar surface area (TPSA) is 51.5 Å². The summed E-state index contributed by atoms with van der Waals surface area (Å²) in [5.74, 6) is 0.549. The first-order chi connectivity index (χ1) is 13.7. The normalized spacial score (nSPS) is 20.1. The highest BCUT2D eigenvalue weighted by molar-refractivity contribution is 14.1. The number of para-hydroxylation sites is 1. The van der Waals surface area contributed by atoms with Crippen LogP contribution in [0, 0.1) is 5.92 Å². The summed E-state index contributed by atoms with van der Waals surface area (Å²) >= 11 is 2.36. The van der Waals surface area contributed by atoms with Crippen molar-refractivity contribution in [3.8, 4) is 0 Å². The van der Waals surface area contributed by atoms with Crippen molar-refractivity contribution in [1.29, 1.82) is 0 Å². The molecule has 1 saturated heterocycles. The molecular formula is C23H29IN2O3. The summed E-state index contributed by atoms with van der Waals surface area (Å²) in [5, 5.41) is 1.02. The highest BCUT2D eigenvalue weighted by Gasteiger charge is 2.33. The number of alkyl halides is 1. The molecule has 1 aliphatic heterocycles. The SMILES string of the molecule is C=C[C@@H]1CCC(=O)N(CCc2cn(C(=O)OC(C)(C)C)c3ccccc23)[C@H]1CI. The van der Waals surface area contributed by atoms with Crippen molar-refractivity contribution in [2.24, 2.45) is 5.92 Å². The number of hydrogen-bond donors (Lipinski definition) is 0. The Bertz CT molecular complexity index is 912. The monoisotopic (exact) mass is 508 g/mol. The Balaban J connectivity index is 1.86. The van der Waals surface area contributed by atoms with Gasteiger partial charge in [0.25, 0.3) is 0 Å². The maximum atomic E-state index is 12.7. The standard InChI is InChI=1S/C23H29IN2O3/c1-5-16-10-11-21(27)25(20(16)14-24)13-12-17-15-26(22(28)29-23(2,3)4)19-9-7-6-8-18(17)19/h5-9,15-16,20H,1,10-14H2,2-4H3/t16-,20+/m1/s1. The minimum absolute atomic E-state index is 0.188. The lowest BCUT2D eigenvalue weighted by molar-refractivity contribution is -0.137. The molecule has 0 radical (unpaired) electrons. The number of hydrogen-bond acceptors (Lipinski definition) is 3. The fourth-order valence-electron chi connectivity index (χ4n) is 3.96. The average molecular weight is 508 g/mol. The third-order valence-corrected chi connectivity index (χ3v) is 6.28. The van der Waals surface area contributed by atoms with Gasteiger partial charge in [0.05, 0.1) is 5.52 Å². The molecule has 6 heteroatoms. The van der Waals surface area contributed by atoms with Gasteiger partial charge in [0, 0.05) is 35.0 Å². The third-order valence-electron chi connectivity index (χ3n) is 5.37. The lowest BCUT2D eigenvalue weighted by Crippen LogP contribution is -2.49. The molecular weight excluding hydrogens is 479 g/mol. The molecule has 1 amide bonds. The smallest absolute Gasteiger partial charge is 0.419 e. The lowest BCUT2D eigenvalue weighted by Gasteiger charge is -2.39. The number of amides is 1. The predicted molar refractivity (Wildman–Crippen MR) is 125 cm³/mol. The van der Waals surface area contributed by atoms with Crippen LogP contribution in [0.25, 0.3) is 10.9 Å². The van der Waals surface area contributed by atoms with Gasteiger partial charge < -0.3 is 9.64 Å². The minimum Gasteiger partial charge on any atom is -0.443 e. The molecule has 2 aromatic rings. The first kappa shape index (κ1) is 21.9. The number of piperidine rings is 1. The molecule has 0 saturated carbocycles. The van der Waals surface area contributed by atoms with Crippen LogP contribution >= 0.6 is 22.6 Å².